The third kappa shape index (κ3) is 4.34. The van der Waals surface area contributed by atoms with Gasteiger partial charge in [-0.3, -0.25) is 0 Å². The zero-order chi connectivity index (χ0) is 17.6. The molecule has 0 aliphatic heterocycles. The van der Waals surface area contributed by atoms with Gasteiger partial charge in [-0.25, -0.2) is 4.79 Å². The van der Waals surface area contributed by atoms with E-state index in [9.17, 15) is 9.90 Å². The van der Waals surface area contributed by atoms with Gasteiger partial charge >= 0.3 is 5.97 Å². The van der Waals surface area contributed by atoms with E-state index in [-0.39, 0.29) is 0 Å². The van der Waals surface area contributed by atoms with E-state index in [0.717, 1.165) is 17.0 Å². The van der Waals surface area contributed by atoms with Crippen molar-refractivity contribution < 1.29 is 9.90 Å². The normalized spacial score (nSPS) is 12.0. The zero-order valence-corrected chi connectivity index (χ0v) is 14.9. The highest BCUT2D eigenvalue weighted by Crippen LogP contribution is 2.28. The van der Waals surface area contributed by atoms with Gasteiger partial charge < -0.3 is 10.4 Å². The van der Waals surface area contributed by atoms with Crippen molar-refractivity contribution in [1.82, 2.24) is 0 Å². The minimum absolute atomic E-state index is 0.553. The zero-order valence-electron chi connectivity index (χ0n) is 14.1. The molecule has 0 aromatic heterocycles. The quantitative estimate of drug-likeness (QED) is 0.575. The fourth-order valence-corrected chi connectivity index (χ4v) is 3.88. The largest absolute Gasteiger partial charge is 0.480 e. The molecule has 0 amide bonds. The average Bonchev–Trinajstić information content (AvgIpc) is 2.62. The van der Waals surface area contributed by atoms with E-state index in [4.69, 9.17) is 0 Å². The summed E-state index contributed by atoms with van der Waals surface area (Å²) in [7, 11) is 0. The number of aliphatic carboxylic acids is 1. The second kappa shape index (κ2) is 8.08. The van der Waals surface area contributed by atoms with Crippen LogP contribution in [0.2, 0.25) is 0 Å². The van der Waals surface area contributed by atoms with Gasteiger partial charge in [0, 0.05) is 16.3 Å². The van der Waals surface area contributed by atoms with Crippen LogP contribution in [-0.4, -0.2) is 22.9 Å². The lowest BCUT2D eigenvalue weighted by atomic mass is 10.1. The van der Waals surface area contributed by atoms with Crippen molar-refractivity contribution in [3.63, 3.8) is 0 Å². The van der Waals surface area contributed by atoms with Crippen molar-refractivity contribution in [1.29, 1.82) is 0 Å². The number of hydrogen-bond donors (Lipinski definition) is 2. The highest BCUT2D eigenvalue weighted by Gasteiger charge is 2.17. The van der Waals surface area contributed by atoms with Gasteiger partial charge in [0.25, 0.3) is 0 Å². The number of carbonyl (C=O) groups is 1. The Labute approximate surface area is 152 Å². The van der Waals surface area contributed by atoms with Crippen molar-refractivity contribution in [2.45, 2.75) is 24.3 Å². The second-order valence-corrected chi connectivity index (χ2v) is 7.10. The molecule has 0 heterocycles. The number of fused-ring (bicyclic) bond motifs is 1. The van der Waals surface area contributed by atoms with Crippen LogP contribution in [0, 0.1) is 6.92 Å². The van der Waals surface area contributed by atoms with Crippen LogP contribution < -0.4 is 5.32 Å². The summed E-state index contributed by atoms with van der Waals surface area (Å²) in [4.78, 5) is 12.8. The Bertz CT molecular complexity index is 873. The molecule has 0 unspecified atom stereocenters. The summed E-state index contributed by atoms with van der Waals surface area (Å²) in [6, 6.07) is 21.7. The smallest absolute Gasteiger partial charge is 0.326 e. The van der Waals surface area contributed by atoms with Crippen LogP contribution in [0.3, 0.4) is 0 Å². The Morgan fingerprint density at radius 3 is 2.56 bits per heavy atom. The van der Waals surface area contributed by atoms with E-state index >= 15 is 0 Å². The van der Waals surface area contributed by atoms with Crippen LogP contribution in [0.25, 0.3) is 10.8 Å². The highest BCUT2D eigenvalue weighted by atomic mass is 32.2. The van der Waals surface area contributed by atoms with Crippen LogP contribution >= 0.6 is 11.8 Å². The van der Waals surface area contributed by atoms with Crippen LogP contribution in [0.5, 0.6) is 0 Å². The van der Waals surface area contributed by atoms with E-state index in [0.29, 0.717) is 6.42 Å². The number of rotatable bonds is 7. The number of benzene rings is 3. The van der Waals surface area contributed by atoms with Crippen LogP contribution in [0.4, 0.5) is 5.69 Å². The van der Waals surface area contributed by atoms with Gasteiger partial charge in [-0.05, 0) is 41.8 Å². The first-order valence-corrected chi connectivity index (χ1v) is 9.29. The van der Waals surface area contributed by atoms with Gasteiger partial charge in [-0.1, -0.05) is 54.6 Å². The minimum atomic E-state index is -0.818. The number of aryl methyl sites for hydroxylation is 1. The molecule has 0 bridgehead atoms. The maximum atomic E-state index is 11.6. The summed E-state index contributed by atoms with van der Waals surface area (Å²) in [5, 5.41) is 15.1. The van der Waals surface area contributed by atoms with E-state index < -0.39 is 12.0 Å². The number of carboxylic acid groups (broad SMARTS) is 1. The lowest BCUT2D eigenvalue weighted by Gasteiger charge is -2.17. The molecule has 0 radical (unpaired) electrons. The van der Waals surface area contributed by atoms with Gasteiger partial charge in [-0.2, -0.15) is 0 Å². The Balaban J connectivity index is 1.66. The van der Waals surface area contributed by atoms with E-state index in [2.05, 4.69) is 29.6 Å². The molecule has 1 atom stereocenters. The Kier molecular flexibility index (Phi) is 5.61. The molecular weight excluding hydrogens is 330 g/mol. The van der Waals surface area contributed by atoms with Gasteiger partial charge in [-0.15, -0.1) is 11.8 Å². The van der Waals surface area contributed by atoms with E-state index in [1.54, 1.807) is 11.8 Å². The molecule has 0 aliphatic carbocycles. The Morgan fingerprint density at radius 1 is 1.04 bits per heavy atom. The average molecular weight is 351 g/mol. The third-order valence-electron chi connectivity index (χ3n) is 4.19. The first kappa shape index (κ1) is 17.4. The number of carboxylic acids is 1. The van der Waals surface area contributed by atoms with E-state index in [1.807, 2.05) is 49.4 Å². The molecule has 0 aliphatic rings. The predicted octanol–water partition coefficient (Wildman–Crippen LogP) is 5.20. The fraction of sp³-hybridized carbons (Fsp3) is 0.190. The molecule has 3 aromatic rings. The molecule has 3 rings (SSSR count). The fourth-order valence-electron chi connectivity index (χ4n) is 2.79. The number of anilines is 1. The molecular formula is C21H21NO2S. The molecule has 3 aromatic carbocycles. The van der Waals surface area contributed by atoms with Crippen LogP contribution in [0.15, 0.2) is 71.6 Å². The number of hydrogen-bond acceptors (Lipinski definition) is 3. The van der Waals surface area contributed by atoms with Crippen molar-refractivity contribution in [3.05, 3.63) is 72.3 Å². The van der Waals surface area contributed by atoms with Crippen LogP contribution in [0.1, 0.15) is 12.0 Å². The summed E-state index contributed by atoms with van der Waals surface area (Å²) in [6.45, 7) is 1.98. The van der Waals surface area contributed by atoms with Gasteiger partial charge in [0.05, 0.1) is 0 Å². The monoisotopic (exact) mass is 351 g/mol. The van der Waals surface area contributed by atoms with Gasteiger partial charge in [0.1, 0.15) is 6.04 Å². The maximum absolute atomic E-state index is 11.6. The maximum Gasteiger partial charge on any atom is 0.326 e. The Hall–Kier alpha value is -2.46. The van der Waals surface area contributed by atoms with Crippen molar-refractivity contribution >= 4 is 34.2 Å². The summed E-state index contributed by atoms with van der Waals surface area (Å²) in [6.07, 6.45) is 0.553. The molecule has 3 nitrogen and oxygen atoms in total. The highest BCUT2D eigenvalue weighted by molar-refractivity contribution is 7.99. The number of thioether (sulfide) groups is 1. The molecule has 128 valence electrons. The topological polar surface area (TPSA) is 49.3 Å². The predicted molar refractivity (Wildman–Crippen MR) is 106 cm³/mol. The molecule has 25 heavy (non-hydrogen) atoms. The van der Waals surface area contributed by atoms with Crippen LogP contribution in [-0.2, 0) is 4.79 Å². The molecule has 0 saturated heterocycles. The SMILES string of the molecule is Cc1ccccc1N[C@@H](CCSc1cccc2ccccc12)C(=O)O. The molecule has 0 fully saturated rings. The number of nitrogens with one attached hydrogen (secondary N) is 1. The van der Waals surface area contributed by atoms with Gasteiger partial charge in [0.15, 0.2) is 0 Å². The number of para-hydroxylation sites is 1. The lowest BCUT2D eigenvalue weighted by Crippen LogP contribution is -2.30. The first-order valence-electron chi connectivity index (χ1n) is 8.30. The Morgan fingerprint density at radius 2 is 1.76 bits per heavy atom. The minimum Gasteiger partial charge on any atom is -0.480 e. The van der Waals surface area contributed by atoms with Crippen molar-refractivity contribution in [3.8, 4) is 0 Å². The molecule has 4 heteroatoms. The molecule has 0 spiro atoms. The first-order chi connectivity index (χ1) is 12.1. The van der Waals surface area contributed by atoms with Crippen molar-refractivity contribution in [2.24, 2.45) is 0 Å². The summed E-state index contributed by atoms with van der Waals surface area (Å²) in [5.41, 5.74) is 1.93. The molecule has 0 saturated carbocycles. The van der Waals surface area contributed by atoms with Gasteiger partial charge in [0.2, 0.25) is 0 Å². The van der Waals surface area contributed by atoms with Crippen molar-refractivity contribution in [2.75, 3.05) is 11.1 Å². The van der Waals surface area contributed by atoms with E-state index in [1.165, 1.54) is 15.7 Å². The second-order valence-electron chi connectivity index (χ2n) is 5.96. The molecule has 2 N–H and O–H groups in total. The lowest BCUT2D eigenvalue weighted by molar-refractivity contribution is -0.137. The standard InChI is InChI=1S/C21H21NO2S/c1-15-7-2-5-11-18(15)22-19(21(23)24)13-14-25-20-12-6-9-16-8-3-4-10-17(16)20/h2-12,19,22H,13-14H2,1H3,(H,23,24)/t19-/m0/s1. The third-order valence-corrected chi connectivity index (χ3v) is 5.29. The summed E-state index contributed by atoms with van der Waals surface area (Å²) < 4.78 is 0. The summed E-state index contributed by atoms with van der Waals surface area (Å²) >= 11 is 1.71. The summed E-state index contributed by atoms with van der Waals surface area (Å²) in [5.74, 6) is -0.0779.